The van der Waals surface area contributed by atoms with Gasteiger partial charge in [0, 0.05) is 20.2 Å². The minimum atomic E-state index is -3.41. The summed E-state index contributed by atoms with van der Waals surface area (Å²) >= 11 is 0. The Balaban J connectivity index is 3.95. The first-order chi connectivity index (χ1) is 8.05. The van der Waals surface area contributed by atoms with Crippen LogP contribution < -0.4 is 15.2 Å². The van der Waals surface area contributed by atoms with Crippen LogP contribution in [-0.2, 0) is 14.9 Å². The molecule has 7 heteroatoms. The number of ether oxygens (including phenoxy) is 1. The summed E-state index contributed by atoms with van der Waals surface area (Å²) in [5.74, 6) is 0.309. The van der Waals surface area contributed by atoms with Crippen molar-refractivity contribution in [1.29, 1.82) is 0 Å². The van der Waals surface area contributed by atoms with Crippen molar-refractivity contribution in [3.05, 3.63) is 0 Å². The van der Waals surface area contributed by atoms with E-state index in [0.717, 1.165) is 19.3 Å². The lowest BCUT2D eigenvalue weighted by atomic mass is 10.0. The molecule has 17 heavy (non-hydrogen) atoms. The van der Waals surface area contributed by atoms with E-state index in [-0.39, 0.29) is 6.54 Å². The van der Waals surface area contributed by atoms with Crippen LogP contribution in [-0.4, -0.2) is 41.8 Å². The molecule has 4 N–H and O–H groups in total. The smallest absolute Gasteiger partial charge is 0.276 e. The van der Waals surface area contributed by atoms with E-state index in [2.05, 4.69) is 16.4 Å². The maximum absolute atomic E-state index is 11.5. The van der Waals surface area contributed by atoms with E-state index in [0.29, 0.717) is 25.6 Å². The number of hydrogen-bond donors (Lipinski definition) is 3. The van der Waals surface area contributed by atoms with Gasteiger partial charge in [-0.05, 0) is 25.3 Å². The van der Waals surface area contributed by atoms with Crippen molar-refractivity contribution in [2.75, 3.05) is 33.4 Å². The third-order valence-corrected chi connectivity index (χ3v) is 3.56. The maximum Gasteiger partial charge on any atom is 0.276 e. The first kappa shape index (κ1) is 16.8. The maximum atomic E-state index is 11.5. The second kappa shape index (κ2) is 9.78. The molecule has 0 saturated heterocycles. The molecule has 104 valence electrons. The summed E-state index contributed by atoms with van der Waals surface area (Å²) in [5.41, 5.74) is 5.49. The number of rotatable bonds is 11. The van der Waals surface area contributed by atoms with Gasteiger partial charge >= 0.3 is 0 Å². The van der Waals surface area contributed by atoms with Crippen LogP contribution in [0.25, 0.3) is 0 Å². The molecule has 0 saturated carbocycles. The molecule has 0 fully saturated rings. The zero-order valence-corrected chi connectivity index (χ0v) is 11.6. The highest BCUT2D eigenvalue weighted by atomic mass is 32.2. The van der Waals surface area contributed by atoms with Crippen LogP contribution in [0.15, 0.2) is 0 Å². The van der Waals surface area contributed by atoms with E-state index in [1.54, 1.807) is 0 Å². The van der Waals surface area contributed by atoms with Gasteiger partial charge in [-0.15, -0.1) is 0 Å². The number of nitrogens with two attached hydrogens (primary N) is 1. The Morgan fingerprint density at radius 2 is 2.00 bits per heavy atom. The van der Waals surface area contributed by atoms with Crippen LogP contribution in [0.1, 0.15) is 26.2 Å². The largest absolute Gasteiger partial charge is 0.383 e. The highest BCUT2D eigenvalue weighted by Gasteiger charge is 2.12. The average Bonchev–Trinajstić information content (AvgIpc) is 2.27. The second-order valence-corrected chi connectivity index (χ2v) is 5.56. The topological polar surface area (TPSA) is 93.5 Å². The van der Waals surface area contributed by atoms with Gasteiger partial charge in [0.05, 0.1) is 6.61 Å². The second-order valence-electron chi connectivity index (χ2n) is 3.97. The first-order valence-corrected chi connectivity index (χ1v) is 7.47. The van der Waals surface area contributed by atoms with E-state index in [1.165, 1.54) is 7.11 Å². The molecule has 1 atom stereocenters. The quantitative estimate of drug-likeness (QED) is 0.453. The number of nitrogens with one attached hydrogen (secondary N) is 2. The molecule has 0 bridgehead atoms. The lowest BCUT2D eigenvalue weighted by Crippen LogP contribution is -2.40. The summed E-state index contributed by atoms with van der Waals surface area (Å²) in [6.07, 6.45) is 2.86. The fraction of sp³-hybridized carbons (Fsp3) is 1.00. The van der Waals surface area contributed by atoms with Crippen molar-refractivity contribution in [1.82, 2.24) is 9.44 Å². The van der Waals surface area contributed by atoms with Gasteiger partial charge in [0.15, 0.2) is 0 Å². The Morgan fingerprint density at radius 3 is 2.53 bits per heavy atom. The van der Waals surface area contributed by atoms with Gasteiger partial charge in [-0.1, -0.05) is 13.3 Å². The highest BCUT2D eigenvalue weighted by Crippen LogP contribution is 2.08. The minimum absolute atomic E-state index is 0.279. The molecule has 0 rings (SSSR count). The summed E-state index contributed by atoms with van der Waals surface area (Å²) in [7, 11) is -1.88. The zero-order valence-electron chi connectivity index (χ0n) is 10.7. The summed E-state index contributed by atoms with van der Waals surface area (Å²) in [6.45, 7) is 3.75. The molecule has 0 spiro atoms. The van der Waals surface area contributed by atoms with Crippen LogP contribution in [0.4, 0.5) is 0 Å². The fourth-order valence-electron chi connectivity index (χ4n) is 1.55. The predicted octanol–water partition coefficient (Wildman–Crippen LogP) is -0.178. The van der Waals surface area contributed by atoms with E-state index in [1.807, 2.05) is 0 Å². The van der Waals surface area contributed by atoms with Crippen LogP contribution >= 0.6 is 0 Å². The Labute approximate surface area is 104 Å². The molecule has 0 aromatic heterocycles. The van der Waals surface area contributed by atoms with Gasteiger partial charge in [0.2, 0.25) is 0 Å². The van der Waals surface area contributed by atoms with Crippen LogP contribution in [0.3, 0.4) is 0 Å². The molecule has 0 radical (unpaired) electrons. The van der Waals surface area contributed by atoms with Gasteiger partial charge in [-0.2, -0.15) is 13.1 Å². The van der Waals surface area contributed by atoms with Crippen LogP contribution in [0.2, 0.25) is 0 Å². The highest BCUT2D eigenvalue weighted by molar-refractivity contribution is 7.87. The van der Waals surface area contributed by atoms with E-state index in [9.17, 15) is 8.42 Å². The van der Waals surface area contributed by atoms with Gasteiger partial charge < -0.3 is 10.5 Å². The van der Waals surface area contributed by atoms with Crippen molar-refractivity contribution in [3.8, 4) is 0 Å². The Morgan fingerprint density at radius 1 is 1.29 bits per heavy atom. The molecule has 1 unspecified atom stereocenters. The summed E-state index contributed by atoms with van der Waals surface area (Å²) in [6, 6.07) is 0. The van der Waals surface area contributed by atoms with Crippen LogP contribution in [0, 0.1) is 5.92 Å². The summed E-state index contributed by atoms with van der Waals surface area (Å²) in [5, 5.41) is 0. The van der Waals surface area contributed by atoms with Gasteiger partial charge in [-0.3, -0.25) is 0 Å². The molecule has 6 nitrogen and oxygen atoms in total. The SMILES string of the molecule is CCCC(CCN)CNS(=O)(=O)NCCOC. The van der Waals surface area contributed by atoms with Gasteiger partial charge in [0.1, 0.15) is 0 Å². The molecular formula is C10H25N3O3S. The number of hydrogen-bond acceptors (Lipinski definition) is 4. The van der Waals surface area contributed by atoms with Crippen molar-refractivity contribution >= 4 is 10.2 Å². The third-order valence-electron chi connectivity index (χ3n) is 2.43. The van der Waals surface area contributed by atoms with Crippen molar-refractivity contribution in [2.24, 2.45) is 11.7 Å². The third kappa shape index (κ3) is 9.49. The van der Waals surface area contributed by atoms with E-state index >= 15 is 0 Å². The lowest BCUT2D eigenvalue weighted by Gasteiger charge is -2.16. The summed E-state index contributed by atoms with van der Waals surface area (Å²) in [4.78, 5) is 0. The lowest BCUT2D eigenvalue weighted by molar-refractivity contribution is 0.204. The summed E-state index contributed by atoms with van der Waals surface area (Å²) < 4.78 is 32.7. The normalized spacial score (nSPS) is 13.8. The Hall–Kier alpha value is -0.210. The molecule has 0 aromatic carbocycles. The Kier molecular flexibility index (Phi) is 9.66. The van der Waals surface area contributed by atoms with Gasteiger partial charge in [-0.25, -0.2) is 4.72 Å². The zero-order chi connectivity index (χ0) is 13.1. The average molecular weight is 267 g/mol. The Bertz CT molecular complexity index is 264. The fourth-order valence-corrected chi connectivity index (χ4v) is 2.46. The molecular weight excluding hydrogens is 242 g/mol. The van der Waals surface area contributed by atoms with Crippen molar-refractivity contribution < 1.29 is 13.2 Å². The molecule has 0 aliphatic carbocycles. The first-order valence-electron chi connectivity index (χ1n) is 5.99. The molecule has 0 aliphatic rings. The van der Waals surface area contributed by atoms with Gasteiger partial charge in [0.25, 0.3) is 10.2 Å². The standard InChI is InChI=1S/C10H25N3O3S/c1-3-4-10(5-6-11)9-13-17(14,15)12-7-8-16-2/h10,12-13H,3-9,11H2,1-2H3. The molecule has 0 aliphatic heterocycles. The van der Waals surface area contributed by atoms with E-state index < -0.39 is 10.2 Å². The minimum Gasteiger partial charge on any atom is -0.383 e. The molecule has 0 amide bonds. The molecule has 0 heterocycles. The molecule has 0 aromatic rings. The predicted molar refractivity (Wildman–Crippen MR) is 68.9 cm³/mol. The van der Waals surface area contributed by atoms with Crippen molar-refractivity contribution in [2.45, 2.75) is 26.2 Å². The van der Waals surface area contributed by atoms with Crippen molar-refractivity contribution in [3.63, 3.8) is 0 Å². The number of methoxy groups -OCH3 is 1. The van der Waals surface area contributed by atoms with Crippen LogP contribution in [0.5, 0.6) is 0 Å². The van der Waals surface area contributed by atoms with E-state index in [4.69, 9.17) is 10.5 Å². The monoisotopic (exact) mass is 267 g/mol.